The van der Waals surface area contributed by atoms with Gasteiger partial charge in [0, 0.05) is 18.0 Å². The summed E-state index contributed by atoms with van der Waals surface area (Å²) in [6.07, 6.45) is 0.668. The van der Waals surface area contributed by atoms with Crippen molar-refractivity contribution in [3.05, 3.63) is 29.8 Å². The first kappa shape index (κ1) is 15.2. The Bertz CT molecular complexity index is 530. The minimum atomic E-state index is -1.02. The number of hydrogen-bond donors (Lipinski definition) is 2. The molecular formula is C15H20N2O4. The van der Waals surface area contributed by atoms with E-state index in [0.717, 1.165) is 11.3 Å². The molecule has 1 unspecified atom stereocenters. The van der Waals surface area contributed by atoms with Crippen LogP contribution in [0.25, 0.3) is 0 Å². The highest BCUT2D eigenvalue weighted by molar-refractivity contribution is 5.80. The lowest BCUT2D eigenvalue weighted by Crippen LogP contribution is -2.48. The third kappa shape index (κ3) is 3.65. The summed E-state index contributed by atoms with van der Waals surface area (Å²) in [4.78, 5) is 24.5. The van der Waals surface area contributed by atoms with E-state index in [1.165, 1.54) is 4.90 Å². The quantitative estimate of drug-likeness (QED) is 0.890. The Kier molecular flexibility index (Phi) is 4.67. The summed E-state index contributed by atoms with van der Waals surface area (Å²) in [5, 5.41) is 11.8. The smallest absolute Gasteiger partial charge is 0.323 e. The van der Waals surface area contributed by atoms with Gasteiger partial charge < -0.3 is 20.1 Å². The summed E-state index contributed by atoms with van der Waals surface area (Å²) in [7, 11) is 0. The van der Waals surface area contributed by atoms with E-state index in [-0.39, 0.29) is 24.7 Å². The van der Waals surface area contributed by atoms with E-state index in [1.54, 1.807) is 13.8 Å². The van der Waals surface area contributed by atoms with Crippen LogP contribution in [0, 0.1) is 0 Å². The number of carbonyl (C=O) groups is 2. The molecule has 1 aromatic rings. The van der Waals surface area contributed by atoms with Gasteiger partial charge in [-0.2, -0.15) is 0 Å². The monoisotopic (exact) mass is 292 g/mol. The Morgan fingerprint density at radius 3 is 2.81 bits per heavy atom. The number of rotatable bonds is 4. The molecule has 6 nitrogen and oxygen atoms in total. The van der Waals surface area contributed by atoms with Crippen LogP contribution in [0.15, 0.2) is 24.3 Å². The first-order valence-corrected chi connectivity index (χ1v) is 6.99. The molecule has 1 aromatic carbocycles. The summed E-state index contributed by atoms with van der Waals surface area (Å²) in [6.45, 7) is 3.80. The molecule has 0 aliphatic carbocycles. The number of carboxylic acid groups (broad SMARTS) is 1. The van der Waals surface area contributed by atoms with Crippen LogP contribution >= 0.6 is 0 Å². The van der Waals surface area contributed by atoms with Crippen molar-refractivity contribution in [2.24, 2.45) is 0 Å². The van der Waals surface area contributed by atoms with E-state index in [2.05, 4.69) is 5.32 Å². The number of carbonyl (C=O) groups excluding carboxylic acids is 1. The number of nitrogens with zero attached hydrogens (tertiary/aromatic N) is 1. The van der Waals surface area contributed by atoms with Gasteiger partial charge in [0.2, 0.25) is 0 Å². The molecule has 1 aliphatic rings. The predicted octanol–water partition coefficient (Wildman–Crippen LogP) is 2.01. The highest BCUT2D eigenvalue weighted by atomic mass is 16.5. The fourth-order valence-corrected chi connectivity index (χ4v) is 2.36. The summed E-state index contributed by atoms with van der Waals surface area (Å²) < 4.78 is 5.55. The molecule has 0 bridgehead atoms. The number of nitrogens with one attached hydrogen (secondary N) is 1. The second-order valence-corrected chi connectivity index (χ2v) is 5.29. The fourth-order valence-electron chi connectivity index (χ4n) is 2.36. The molecule has 0 saturated carbocycles. The molecule has 114 valence electrons. The average Bonchev–Trinajstić information content (AvgIpc) is 2.44. The number of fused-ring (bicyclic) bond motifs is 1. The van der Waals surface area contributed by atoms with Crippen LogP contribution in [0.2, 0.25) is 0 Å². The van der Waals surface area contributed by atoms with Crippen LogP contribution in [-0.4, -0.2) is 41.2 Å². The van der Waals surface area contributed by atoms with E-state index in [4.69, 9.17) is 9.84 Å². The summed E-state index contributed by atoms with van der Waals surface area (Å²) in [5.74, 6) is -0.255. The van der Waals surface area contributed by atoms with Crippen molar-refractivity contribution in [2.75, 3.05) is 13.2 Å². The lowest BCUT2D eigenvalue weighted by Gasteiger charge is -2.31. The molecule has 2 N–H and O–H groups in total. The molecule has 2 amide bonds. The molecule has 0 aromatic heterocycles. The van der Waals surface area contributed by atoms with Gasteiger partial charge in [0.15, 0.2) is 0 Å². The number of benzene rings is 1. The van der Waals surface area contributed by atoms with Crippen LogP contribution in [0.4, 0.5) is 4.79 Å². The van der Waals surface area contributed by atoms with Gasteiger partial charge in [-0.1, -0.05) is 18.2 Å². The van der Waals surface area contributed by atoms with Crippen molar-refractivity contribution in [1.29, 1.82) is 0 Å². The maximum Gasteiger partial charge on any atom is 0.323 e. The Labute approximate surface area is 123 Å². The van der Waals surface area contributed by atoms with E-state index in [9.17, 15) is 9.59 Å². The molecule has 0 saturated heterocycles. The molecule has 1 aliphatic heterocycles. The predicted molar refractivity (Wildman–Crippen MR) is 77.3 cm³/mol. The average molecular weight is 292 g/mol. The maximum atomic E-state index is 12.3. The van der Waals surface area contributed by atoms with Crippen molar-refractivity contribution in [1.82, 2.24) is 10.2 Å². The second-order valence-electron chi connectivity index (χ2n) is 5.29. The van der Waals surface area contributed by atoms with E-state index >= 15 is 0 Å². The summed E-state index contributed by atoms with van der Waals surface area (Å²) in [5.41, 5.74) is 0.927. The molecule has 0 radical (unpaired) electrons. The summed E-state index contributed by atoms with van der Waals surface area (Å²) >= 11 is 0. The third-order valence-corrected chi connectivity index (χ3v) is 3.45. The topological polar surface area (TPSA) is 78.9 Å². The molecule has 21 heavy (non-hydrogen) atoms. The summed E-state index contributed by atoms with van der Waals surface area (Å²) in [6, 6.07) is 6.85. The Morgan fingerprint density at radius 1 is 1.43 bits per heavy atom. The largest absolute Gasteiger partial charge is 0.493 e. The Morgan fingerprint density at radius 2 is 2.14 bits per heavy atom. The first-order chi connectivity index (χ1) is 9.99. The van der Waals surface area contributed by atoms with Crippen LogP contribution < -0.4 is 10.1 Å². The van der Waals surface area contributed by atoms with E-state index in [0.29, 0.717) is 13.0 Å². The normalized spacial score (nSPS) is 16.8. The molecule has 0 fully saturated rings. The van der Waals surface area contributed by atoms with Gasteiger partial charge in [0.25, 0.3) is 0 Å². The van der Waals surface area contributed by atoms with Crippen molar-refractivity contribution >= 4 is 12.0 Å². The van der Waals surface area contributed by atoms with Gasteiger partial charge in [-0.05, 0) is 19.9 Å². The number of ether oxygens (including phenoxy) is 1. The number of carboxylic acids is 1. The molecular weight excluding hydrogens is 272 g/mol. The zero-order valence-corrected chi connectivity index (χ0v) is 12.2. The zero-order valence-electron chi connectivity index (χ0n) is 12.2. The van der Waals surface area contributed by atoms with Crippen LogP contribution in [0.1, 0.15) is 31.9 Å². The zero-order chi connectivity index (χ0) is 15.4. The number of para-hydroxylation sites is 1. The van der Waals surface area contributed by atoms with E-state index in [1.807, 2.05) is 24.3 Å². The molecule has 0 spiro atoms. The van der Waals surface area contributed by atoms with Crippen LogP contribution in [0.3, 0.4) is 0 Å². The standard InChI is InChI=1S/C15H20N2O4/c1-10(2)17(9-14(18)19)15(20)16-12-7-8-21-13-6-4-3-5-11(12)13/h3-6,10,12H,7-9H2,1-2H3,(H,16,20)(H,18,19). The molecule has 6 heteroatoms. The minimum Gasteiger partial charge on any atom is -0.493 e. The maximum absolute atomic E-state index is 12.3. The Balaban J connectivity index is 2.10. The third-order valence-electron chi connectivity index (χ3n) is 3.45. The molecule has 1 heterocycles. The van der Waals surface area contributed by atoms with Crippen molar-refractivity contribution in [2.45, 2.75) is 32.4 Å². The molecule has 2 rings (SSSR count). The number of hydrogen-bond acceptors (Lipinski definition) is 3. The lowest BCUT2D eigenvalue weighted by atomic mass is 10.0. The minimum absolute atomic E-state index is 0.155. The second kappa shape index (κ2) is 6.47. The SMILES string of the molecule is CC(C)N(CC(=O)O)C(=O)NC1CCOc2ccccc21. The van der Waals surface area contributed by atoms with Gasteiger partial charge >= 0.3 is 12.0 Å². The van der Waals surface area contributed by atoms with Crippen molar-refractivity contribution in [3.63, 3.8) is 0 Å². The van der Waals surface area contributed by atoms with Gasteiger partial charge in [0.05, 0.1) is 12.6 Å². The number of aliphatic carboxylic acids is 1. The highest BCUT2D eigenvalue weighted by Crippen LogP contribution is 2.31. The Hall–Kier alpha value is -2.24. The van der Waals surface area contributed by atoms with Gasteiger partial charge in [0.1, 0.15) is 12.3 Å². The van der Waals surface area contributed by atoms with Crippen LogP contribution in [0.5, 0.6) is 5.75 Å². The first-order valence-electron chi connectivity index (χ1n) is 6.99. The number of amides is 2. The molecule has 1 atom stereocenters. The lowest BCUT2D eigenvalue weighted by molar-refractivity contribution is -0.138. The number of urea groups is 1. The van der Waals surface area contributed by atoms with Gasteiger partial charge in [-0.25, -0.2) is 4.79 Å². The van der Waals surface area contributed by atoms with Gasteiger partial charge in [-0.3, -0.25) is 4.79 Å². The van der Waals surface area contributed by atoms with E-state index < -0.39 is 5.97 Å². The fraction of sp³-hybridized carbons (Fsp3) is 0.467. The van der Waals surface area contributed by atoms with Crippen molar-refractivity contribution < 1.29 is 19.4 Å². The van der Waals surface area contributed by atoms with Crippen LogP contribution in [-0.2, 0) is 4.79 Å². The van der Waals surface area contributed by atoms with Gasteiger partial charge in [-0.15, -0.1) is 0 Å². The highest BCUT2D eigenvalue weighted by Gasteiger charge is 2.26. The van der Waals surface area contributed by atoms with Crippen molar-refractivity contribution in [3.8, 4) is 5.75 Å².